The van der Waals surface area contributed by atoms with E-state index in [1.165, 1.54) is 16.7 Å². The van der Waals surface area contributed by atoms with Gasteiger partial charge in [0, 0.05) is 19.2 Å². The van der Waals surface area contributed by atoms with E-state index in [2.05, 4.69) is 41.2 Å². The average Bonchev–Trinajstić information content (AvgIpc) is 2.86. The minimum Gasteiger partial charge on any atom is -0.493 e. The maximum Gasteiger partial charge on any atom is 0.123 e. The van der Waals surface area contributed by atoms with E-state index in [1.54, 1.807) is 0 Å². The van der Waals surface area contributed by atoms with Crippen molar-refractivity contribution in [1.82, 2.24) is 5.43 Å². The van der Waals surface area contributed by atoms with Gasteiger partial charge in [-0.2, -0.15) is 0 Å². The molecule has 2 aromatic carbocycles. The lowest BCUT2D eigenvalue weighted by molar-refractivity contribution is 0.357. The Kier molecular flexibility index (Phi) is 2.90. The van der Waals surface area contributed by atoms with E-state index in [0.717, 1.165) is 24.5 Å². The van der Waals surface area contributed by atoms with Crippen LogP contribution < -0.4 is 15.6 Å². The maximum atomic E-state index is 5.61. The fraction of sp³-hybridized carbons (Fsp3) is 0.200. The van der Waals surface area contributed by atoms with Crippen LogP contribution >= 0.6 is 0 Å². The Balaban J connectivity index is 1.96. The molecule has 2 N–H and O–H groups in total. The lowest BCUT2D eigenvalue weighted by Gasteiger charge is -2.08. The molecule has 1 heterocycles. The van der Waals surface area contributed by atoms with Crippen LogP contribution in [0.2, 0.25) is 0 Å². The van der Waals surface area contributed by atoms with Gasteiger partial charge in [0.1, 0.15) is 5.75 Å². The Morgan fingerprint density at radius 1 is 1.06 bits per heavy atom. The van der Waals surface area contributed by atoms with Crippen molar-refractivity contribution in [3.05, 3.63) is 48.0 Å². The third-order valence-electron chi connectivity index (χ3n) is 3.16. The second-order valence-corrected chi connectivity index (χ2v) is 4.38. The summed E-state index contributed by atoms with van der Waals surface area (Å²) in [5.74, 6) is 1.03. The molecule has 0 aliphatic carbocycles. The van der Waals surface area contributed by atoms with Crippen LogP contribution in [0.4, 0.5) is 5.69 Å². The molecule has 0 bridgehead atoms. The third kappa shape index (κ3) is 2.05. The summed E-state index contributed by atoms with van der Waals surface area (Å²) < 4.78 is 5.61. The molecule has 1 aliphatic rings. The molecule has 3 heteroatoms. The fourth-order valence-corrected chi connectivity index (χ4v) is 2.27. The Labute approximate surface area is 107 Å². The van der Waals surface area contributed by atoms with Crippen LogP contribution in [0.15, 0.2) is 42.5 Å². The minimum atomic E-state index is 0.806. The molecule has 0 aromatic heterocycles. The molecule has 0 unspecified atom stereocenters. The van der Waals surface area contributed by atoms with Crippen molar-refractivity contribution in [3.8, 4) is 16.9 Å². The van der Waals surface area contributed by atoms with Crippen molar-refractivity contribution in [3.63, 3.8) is 0 Å². The number of hydrogen-bond acceptors (Lipinski definition) is 3. The molecule has 0 atom stereocenters. The third-order valence-corrected chi connectivity index (χ3v) is 3.16. The van der Waals surface area contributed by atoms with Gasteiger partial charge in [-0.25, -0.2) is 5.43 Å². The first-order chi connectivity index (χ1) is 8.86. The molecule has 0 saturated carbocycles. The molecule has 3 rings (SSSR count). The molecule has 2 aromatic rings. The maximum absolute atomic E-state index is 5.61. The summed E-state index contributed by atoms with van der Waals surface area (Å²) >= 11 is 0. The molecule has 0 saturated heterocycles. The summed E-state index contributed by atoms with van der Waals surface area (Å²) in [5.41, 5.74) is 10.8. The summed E-state index contributed by atoms with van der Waals surface area (Å²) in [4.78, 5) is 0. The zero-order valence-electron chi connectivity index (χ0n) is 10.4. The van der Waals surface area contributed by atoms with Gasteiger partial charge in [-0.15, -0.1) is 0 Å². The van der Waals surface area contributed by atoms with Gasteiger partial charge < -0.3 is 10.2 Å². The van der Waals surface area contributed by atoms with Gasteiger partial charge >= 0.3 is 0 Å². The molecule has 3 nitrogen and oxygen atoms in total. The molecule has 0 amide bonds. The number of hydrogen-bond donors (Lipinski definition) is 2. The van der Waals surface area contributed by atoms with Gasteiger partial charge in [0.2, 0.25) is 0 Å². The zero-order chi connectivity index (χ0) is 12.4. The van der Waals surface area contributed by atoms with Crippen LogP contribution in [0, 0.1) is 0 Å². The predicted molar refractivity (Wildman–Crippen MR) is 73.8 cm³/mol. The van der Waals surface area contributed by atoms with Gasteiger partial charge in [-0.3, -0.25) is 0 Å². The van der Waals surface area contributed by atoms with Gasteiger partial charge in [0.25, 0.3) is 0 Å². The van der Waals surface area contributed by atoms with E-state index >= 15 is 0 Å². The van der Waals surface area contributed by atoms with Crippen LogP contribution in [0.1, 0.15) is 5.56 Å². The number of nitrogens with one attached hydrogen (secondary N) is 2. The van der Waals surface area contributed by atoms with E-state index in [4.69, 9.17) is 4.74 Å². The first kappa shape index (κ1) is 11.1. The smallest absolute Gasteiger partial charge is 0.123 e. The van der Waals surface area contributed by atoms with Crippen LogP contribution in [0.5, 0.6) is 5.75 Å². The molecule has 18 heavy (non-hydrogen) atoms. The van der Waals surface area contributed by atoms with E-state index in [-0.39, 0.29) is 0 Å². The molecule has 0 radical (unpaired) electrons. The fourth-order valence-electron chi connectivity index (χ4n) is 2.27. The van der Waals surface area contributed by atoms with Crippen LogP contribution in [0.25, 0.3) is 11.1 Å². The number of benzene rings is 2. The highest BCUT2D eigenvalue weighted by Gasteiger charge is 2.12. The predicted octanol–water partition coefficient (Wildman–Crippen LogP) is 2.83. The van der Waals surface area contributed by atoms with Crippen molar-refractivity contribution >= 4 is 5.69 Å². The van der Waals surface area contributed by atoms with E-state index in [1.807, 2.05) is 19.2 Å². The van der Waals surface area contributed by atoms with E-state index < -0.39 is 0 Å². The first-order valence-electron chi connectivity index (χ1n) is 6.16. The van der Waals surface area contributed by atoms with Crippen molar-refractivity contribution in [2.75, 3.05) is 19.1 Å². The lowest BCUT2D eigenvalue weighted by Crippen LogP contribution is -2.14. The van der Waals surface area contributed by atoms with Gasteiger partial charge in [0.15, 0.2) is 0 Å². The number of fused-ring (bicyclic) bond motifs is 1. The Morgan fingerprint density at radius 3 is 2.83 bits per heavy atom. The molecule has 92 valence electrons. The van der Waals surface area contributed by atoms with Gasteiger partial charge in [0.05, 0.1) is 6.61 Å². The average molecular weight is 240 g/mol. The van der Waals surface area contributed by atoms with Crippen molar-refractivity contribution in [2.45, 2.75) is 6.42 Å². The Hall–Kier alpha value is -2.00. The van der Waals surface area contributed by atoms with Crippen molar-refractivity contribution in [2.24, 2.45) is 0 Å². The number of hydrazine groups is 1. The molecule has 0 fully saturated rings. The zero-order valence-corrected chi connectivity index (χ0v) is 10.4. The second-order valence-electron chi connectivity index (χ2n) is 4.38. The number of rotatable bonds is 3. The van der Waals surface area contributed by atoms with E-state index in [0.29, 0.717) is 0 Å². The largest absolute Gasteiger partial charge is 0.493 e. The summed E-state index contributed by atoms with van der Waals surface area (Å²) in [5, 5.41) is 0. The highest BCUT2D eigenvalue weighted by Crippen LogP contribution is 2.31. The van der Waals surface area contributed by atoms with Crippen molar-refractivity contribution in [1.29, 1.82) is 0 Å². The quantitative estimate of drug-likeness (QED) is 0.809. The normalized spacial score (nSPS) is 12.9. The van der Waals surface area contributed by atoms with Crippen molar-refractivity contribution < 1.29 is 4.74 Å². The summed E-state index contributed by atoms with van der Waals surface area (Å²) in [6.07, 6.45) is 1.02. The Morgan fingerprint density at radius 2 is 1.94 bits per heavy atom. The standard InChI is InChI=1S/C15H16N2O/c1-16-17-14-4-2-3-12(9-14)13-6-5-11-7-8-18-15(11)10-13/h2-6,9-10,16-17H,7-8H2,1H3. The van der Waals surface area contributed by atoms with Crippen LogP contribution in [-0.4, -0.2) is 13.7 Å². The SMILES string of the molecule is CNNc1cccc(-c2ccc3c(c2)OCC3)c1. The first-order valence-corrected chi connectivity index (χ1v) is 6.16. The topological polar surface area (TPSA) is 33.3 Å². The number of ether oxygens (including phenoxy) is 1. The number of anilines is 1. The van der Waals surface area contributed by atoms with Gasteiger partial charge in [-0.1, -0.05) is 24.3 Å². The molecular formula is C15H16N2O. The minimum absolute atomic E-state index is 0.806. The second kappa shape index (κ2) is 4.70. The van der Waals surface area contributed by atoms with Crippen LogP contribution in [-0.2, 0) is 6.42 Å². The molecule has 1 aliphatic heterocycles. The summed E-state index contributed by atoms with van der Waals surface area (Å²) in [6, 6.07) is 14.8. The molecular weight excluding hydrogens is 224 g/mol. The Bertz CT molecular complexity index is 566. The monoisotopic (exact) mass is 240 g/mol. The summed E-state index contributed by atoms with van der Waals surface area (Å²) in [6.45, 7) is 0.806. The molecule has 0 spiro atoms. The highest BCUT2D eigenvalue weighted by molar-refractivity contribution is 5.70. The highest BCUT2D eigenvalue weighted by atomic mass is 16.5. The lowest BCUT2D eigenvalue weighted by atomic mass is 10.0. The summed E-state index contributed by atoms with van der Waals surface area (Å²) in [7, 11) is 1.86. The van der Waals surface area contributed by atoms with E-state index in [9.17, 15) is 0 Å². The van der Waals surface area contributed by atoms with Crippen LogP contribution in [0.3, 0.4) is 0 Å². The van der Waals surface area contributed by atoms with Gasteiger partial charge in [-0.05, 0) is 34.9 Å².